The van der Waals surface area contributed by atoms with Crippen LogP contribution in [-0.4, -0.2) is 9.13 Å². The van der Waals surface area contributed by atoms with E-state index in [9.17, 15) is 0 Å². The van der Waals surface area contributed by atoms with E-state index in [0.717, 1.165) is 83.7 Å². The Morgan fingerprint density at radius 2 is 0.859 bits per heavy atom. The zero-order valence-electron chi connectivity index (χ0n) is 34.8. The van der Waals surface area contributed by atoms with Crippen molar-refractivity contribution < 1.29 is 4.42 Å². The van der Waals surface area contributed by atoms with Crippen LogP contribution in [0.3, 0.4) is 0 Å². The van der Waals surface area contributed by atoms with Crippen LogP contribution in [0.1, 0.15) is 0 Å². The van der Waals surface area contributed by atoms with Crippen LogP contribution in [-0.2, 0) is 0 Å². The summed E-state index contributed by atoms with van der Waals surface area (Å²) < 4.78 is 11.7. The Morgan fingerprint density at radius 1 is 0.328 bits per heavy atom. The van der Waals surface area contributed by atoms with Crippen LogP contribution >= 0.6 is 0 Å². The minimum atomic E-state index is 0.843. The van der Waals surface area contributed by atoms with Crippen molar-refractivity contribution in [3.8, 4) is 33.6 Å². The lowest BCUT2D eigenvalue weighted by atomic mass is 10.00. The number of furan rings is 1. The molecule has 300 valence electrons. The van der Waals surface area contributed by atoms with Crippen molar-refractivity contribution in [2.75, 3.05) is 4.90 Å². The molecule has 0 fully saturated rings. The first kappa shape index (κ1) is 36.1. The number of anilines is 3. The summed E-state index contributed by atoms with van der Waals surface area (Å²) in [6.07, 6.45) is 0. The number of hydrogen-bond acceptors (Lipinski definition) is 2. The molecule has 13 rings (SSSR count). The van der Waals surface area contributed by atoms with Crippen molar-refractivity contribution in [1.29, 1.82) is 0 Å². The first-order valence-corrected chi connectivity index (χ1v) is 21.8. The Morgan fingerprint density at radius 3 is 1.62 bits per heavy atom. The minimum Gasteiger partial charge on any atom is -0.455 e. The van der Waals surface area contributed by atoms with Gasteiger partial charge in [-0.05, 0) is 95.6 Å². The third-order valence-corrected chi connectivity index (χ3v) is 12.9. The highest BCUT2D eigenvalue weighted by Gasteiger charge is 2.25. The number of benzene rings is 10. The molecule has 0 aliphatic heterocycles. The fourth-order valence-corrected chi connectivity index (χ4v) is 10.1. The molecule has 3 aromatic heterocycles. The Balaban J connectivity index is 1.08. The van der Waals surface area contributed by atoms with Crippen molar-refractivity contribution in [3.05, 3.63) is 237 Å². The molecule has 0 spiro atoms. The minimum absolute atomic E-state index is 0.843. The molecule has 0 radical (unpaired) electrons. The molecule has 13 aromatic rings. The summed E-state index contributed by atoms with van der Waals surface area (Å²) in [4.78, 5) is 2.46. The third kappa shape index (κ3) is 5.56. The smallest absolute Gasteiger partial charge is 0.143 e. The van der Waals surface area contributed by atoms with E-state index in [-0.39, 0.29) is 0 Å². The molecule has 0 amide bonds. The molecule has 0 aliphatic rings. The van der Waals surface area contributed by atoms with Crippen molar-refractivity contribution in [1.82, 2.24) is 9.13 Å². The second-order valence-electron chi connectivity index (χ2n) is 16.5. The van der Waals surface area contributed by atoms with Gasteiger partial charge in [0.05, 0.1) is 38.8 Å². The molecule has 64 heavy (non-hydrogen) atoms. The average Bonchev–Trinajstić information content (AvgIpc) is 4.03. The molecular formula is C60H39N3O. The van der Waals surface area contributed by atoms with E-state index in [1.807, 2.05) is 0 Å². The van der Waals surface area contributed by atoms with E-state index >= 15 is 0 Å². The molecular weight excluding hydrogens is 779 g/mol. The molecule has 0 saturated carbocycles. The highest BCUT2D eigenvalue weighted by molar-refractivity contribution is 6.20. The maximum absolute atomic E-state index is 6.89. The Kier molecular flexibility index (Phi) is 8.18. The fourth-order valence-electron chi connectivity index (χ4n) is 10.1. The summed E-state index contributed by atoms with van der Waals surface area (Å²) >= 11 is 0. The maximum Gasteiger partial charge on any atom is 0.143 e. The second kappa shape index (κ2) is 14.5. The van der Waals surface area contributed by atoms with Gasteiger partial charge in [-0.1, -0.05) is 158 Å². The second-order valence-corrected chi connectivity index (χ2v) is 16.5. The first-order chi connectivity index (χ1) is 31.8. The highest BCUT2D eigenvalue weighted by atomic mass is 16.3. The summed E-state index contributed by atoms with van der Waals surface area (Å²) in [5.74, 6) is 0. The molecule has 0 bridgehead atoms. The van der Waals surface area contributed by atoms with E-state index < -0.39 is 0 Å². The van der Waals surface area contributed by atoms with Crippen LogP contribution in [0, 0.1) is 0 Å². The lowest BCUT2D eigenvalue weighted by Crippen LogP contribution is -2.11. The molecule has 4 nitrogen and oxygen atoms in total. The van der Waals surface area contributed by atoms with E-state index in [4.69, 9.17) is 4.42 Å². The number of aromatic nitrogens is 2. The Bertz CT molecular complexity index is 3900. The molecule has 0 saturated heterocycles. The van der Waals surface area contributed by atoms with Crippen LogP contribution in [0.15, 0.2) is 241 Å². The van der Waals surface area contributed by atoms with Crippen LogP contribution < -0.4 is 4.90 Å². The lowest BCUT2D eigenvalue weighted by Gasteiger charge is -2.28. The molecule has 4 heteroatoms. The zero-order valence-corrected chi connectivity index (χ0v) is 34.8. The predicted octanol–water partition coefficient (Wildman–Crippen LogP) is 16.6. The quantitative estimate of drug-likeness (QED) is 0.160. The summed E-state index contributed by atoms with van der Waals surface area (Å²) in [5.41, 5.74) is 16.3. The summed E-state index contributed by atoms with van der Waals surface area (Å²) in [6, 6.07) is 85.1. The largest absolute Gasteiger partial charge is 0.455 e. The van der Waals surface area contributed by atoms with Crippen LogP contribution in [0.2, 0.25) is 0 Å². The highest BCUT2D eigenvalue weighted by Crippen LogP contribution is 2.49. The number of hydrogen-bond donors (Lipinski definition) is 0. The van der Waals surface area contributed by atoms with Crippen LogP contribution in [0.5, 0.6) is 0 Å². The van der Waals surface area contributed by atoms with Crippen molar-refractivity contribution in [3.63, 3.8) is 0 Å². The fraction of sp³-hybridized carbons (Fsp3) is 0. The Labute approximate surface area is 369 Å². The van der Waals surface area contributed by atoms with Gasteiger partial charge < -0.3 is 18.5 Å². The predicted molar refractivity (Wildman–Crippen MR) is 268 cm³/mol. The molecule has 0 N–H and O–H groups in total. The van der Waals surface area contributed by atoms with Crippen LogP contribution in [0.25, 0.3) is 99.2 Å². The van der Waals surface area contributed by atoms with Gasteiger partial charge in [-0.15, -0.1) is 0 Å². The van der Waals surface area contributed by atoms with Gasteiger partial charge in [-0.25, -0.2) is 0 Å². The number of para-hydroxylation sites is 5. The Hall–Kier alpha value is -8.60. The summed E-state index contributed by atoms with van der Waals surface area (Å²) in [7, 11) is 0. The van der Waals surface area contributed by atoms with E-state index in [1.165, 1.54) is 32.6 Å². The normalized spacial score (nSPS) is 11.8. The maximum atomic E-state index is 6.89. The topological polar surface area (TPSA) is 26.2 Å². The van der Waals surface area contributed by atoms with Gasteiger partial charge in [-0.3, -0.25) is 0 Å². The molecule has 0 atom stereocenters. The van der Waals surface area contributed by atoms with Crippen molar-refractivity contribution in [2.24, 2.45) is 0 Å². The molecule has 10 aromatic carbocycles. The zero-order chi connectivity index (χ0) is 42.1. The summed E-state index contributed by atoms with van der Waals surface area (Å²) in [5, 5.41) is 6.98. The van der Waals surface area contributed by atoms with Gasteiger partial charge in [-0.2, -0.15) is 0 Å². The number of fused-ring (bicyclic) bond motifs is 9. The van der Waals surface area contributed by atoms with E-state index in [1.54, 1.807) is 0 Å². The van der Waals surface area contributed by atoms with Crippen molar-refractivity contribution in [2.45, 2.75) is 0 Å². The van der Waals surface area contributed by atoms with E-state index in [2.05, 4.69) is 251 Å². The number of nitrogens with zero attached hydrogens (tertiary/aromatic N) is 3. The van der Waals surface area contributed by atoms with E-state index in [0.29, 0.717) is 0 Å². The molecule has 3 heterocycles. The molecule has 0 aliphatic carbocycles. The number of rotatable bonds is 7. The van der Waals surface area contributed by atoms with Gasteiger partial charge in [0.2, 0.25) is 0 Å². The van der Waals surface area contributed by atoms with Crippen LogP contribution in [0.4, 0.5) is 17.1 Å². The standard InChI is InChI=1S/C60H39N3O/c1-4-18-40(19-5-1)46-28-15-29-50-59-55(34-17-35-57(59)64-60(46)50)63(54-33-16-32-53-58(54)49-27-11-13-31-52(49)61(53)43-21-6-2-7-22-43)45-25-14-20-41(38-45)42-36-37-48-47-26-10-12-30-51(47)62(56(48)39-42)44-23-8-3-9-24-44/h1-39H. The average molecular weight is 818 g/mol. The SMILES string of the molecule is c1ccc(-c2cccc3c2oc2cccc(N(c4cccc(-c5ccc6c7ccccc7n(-c7ccccc7)c6c5)c4)c4cccc5c4c4ccccc4n5-c4ccccc4)c23)cc1. The molecule has 0 unspecified atom stereocenters. The summed E-state index contributed by atoms with van der Waals surface area (Å²) in [6.45, 7) is 0. The van der Waals surface area contributed by atoms with Gasteiger partial charge in [0.1, 0.15) is 11.2 Å². The van der Waals surface area contributed by atoms with Gasteiger partial charge in [0.25, 0.3) is 0 Å². The monoisotopic (exact) mass is 817 g/mol. The first-order valence-electron chi connectivity index (χ1n) is 21.8. The van der Waals surface area contributed by atoms with Gasteiger partial charge in [0, 0.05) is 49.6 Å². The van der Waals surface area contributed by atoms with Gasteiger partial charge in [0.15, 0.2) is 0 Å². The lowest BCUT2D eigenvalue weighted by molar-refractivity contribution is 0.670. The van der Waals surface area contributed by atoms with Crippen molar-refractivity contribution >= 4 is 82.6 Å². The third-order valence-electron chi connectivity index (χ3n) is 12.9. The van der Waals surface area contributed by atoms with Gasteiger partial charge >= 0.3 is 0 Å².